The number of carbonyl (C=O) groups is 4. The summed E-state index contributed by atoms with van der Waals surface area (Å²) in [5.74, 6) is -7.14. The molecule has 0 aromatic heterocycles. The predicted octanol–water partition coefficient (Wildman–Crippen LogP) is 1.99. The molecular weight excluding hydrogens is 572 g/mol. The van der Waals surface area contributed by atoms with Crippen LogP contribution in [0.15, 0.2) is 28.7 Å². The Morgan fingerprint density at radius 1 is 1.11 bits per heavy atom. The predicted molar refractivity (Wildman–Crippen MR) is 160 cm³/mol. The minimum atomic E-state index is -2.72. The SMILES string of the molecule is CCCCCCOC(=O)NCc1cc(N(C)C)c2c(c1O)C(=O)C1=C(O)[C@]3(O)C(=O)C(C(N)=O)=C(O)[C@H](N(C)C)[C@@H]3C[C@@H]1C2. The number of aliphatic hydroxyl groups is 3. The average Bonchev–Trinajstić information content (AvgIpc) is 2.93. The van der Waals surface area contributed by atoms with Crippen molar-refractivity contribution in [3.8, 4) is 5.75 Å². The highest BCUT2D eigenvalue weighted by Gasteiger charge is 2.63. The van der Waals surface area contributed by atoms with E-state index in [2.05, 4.69) is 12.2 Å². The van der Waals surface area contributed by atoms with Crippen molar-refractivity contribution in [2.75, 3.05) is 39.7 Å². The first kappa shape index (κ1) is 32.8. The smallest absolute Gasteiger partial charge is 0.407 e. The van der Waals surface area contributed by atoms with Crippen molar-refractivity contribution in [2.24, 2.45) is 17.6 Å². The minimum Gasteiger partial charge on any atom is -0.510 e. The van der Waals surface area contributed by atoms with Crippen LogP contribution in [0.2, 0.25) is 0 Å². The molecule has 0 saturated heterocycles. The van der Waals surface area contributed by atoms with Gasteiger partial charge in [-0.25, -0.2) is 4.79 Å². The summed E-state index contributed by atoms with van der Waals surface area (Å²) in [5.41, 5.74) is 2.75. The highest BCUT2D eigenvalue weighted by molar-refractivity contribution is 6.25. The van der Waals surface area contributed by atoms with E-state index in [0.717, 1.165) is 25.7 Å². The van der Waals surface area contributed by atoms with Crippen LogP contribution < -0.4 is 16.0 Å². The first-order chi connectivity index (χ1) is 20.7. The molecule has 0 heterocycles. The number of likely N-dealkylation sites (N-methyl/N-ethyl adjacent to an activating group) is 1. The highest BCUT2D eigenvalue weighted by atomic mass is 16.5. The number of hydrogen-bond acceptors (Lipinski definition) is 11. The maximum absolute atomic E-state index is 14.1. The van der Waals surface area contributed by atoms with Gasteiger partial charge in [0.05, 0.1) is 18.2 Å². The van der Waals surface area contributed by atoms with Crippen molar-refractivity contribution in [3.05, 3.63) is 45.4 Å². The van der Waals surface area contributed by atoms with Gasteiger partial charge >= 0.3 is 6.09 Å². The maximum Gasteiger partial charge on any atom is 0.407 e. The van der Waals surface area contributed by atoms with Crippen LogP contribution in [0.1, 0.15) is 60.5 Å². The Balaban J connectivity index is 1.75. The molecule has 1 aromatic carbocycles. The van der Waals surface area contributed by atoms with Gasteiger partial charge in [0, 0.05) is 43.4 Å². The van der Waals surface area contributed by atoms with Crippen molar-refractivity contribution in [3.63, 3.8) is 0 Å². The molecule has 1 aromatic rings. The molecule has 2 amide bonds. The molecule has 0 saturated carbocycles. The first-order valence-electron chi connectivity index (χ1n) is 14.8. The third kappa shape index (κ3) is 5.38. The number of aromatic hydroxyl groups is 1. The van der Waals surface area contributed by atoms with E-state index in [9.17, 15) is 39.6 Å². The Hall–Kier alpha value is -4.10. The summed E-state index contributed by atoms with van der Waals surface area (Å²) in [6.45, 7) is 2.17. The van der Waals surface area contributed by atoms with Crippen molar-refractivity contribution in [1.29, 1.82) is 0 Å². The van der Waals surface area contributed by atoms with Crippen LogP contribution in [0, 0.1) is 11.8 Å². The summed E-state index contributed by atoms with van der Waals surface area (Å²) in [5, 5.41) is 48.1. The fourth-order valence-corrected chi connectivity index (χ4v) is 6.80. The number of alkyl carbamates (subject to hydrolysis) is 1. The molecule has 4 atom stereocenters. The Bertz CT molecular complexity index is 1450. The number of ether oxygens (including phenoxy) is 1. The molecule has 7 N–H and O–H groups in total. The van der Waals surface area contributed by atoms with E-state index in [4.69, 9.17) is 10.5 Å². The van der Waals surface area contributed by atoms with Gasteiger partial charge in [0.1, 0.15) is 22.8 Å². The number of primary amides is 1. The zero-order valence-electron chi connectivity index (χ0n) is 25.8. The number of ketones is 2. The Morgan fingerprint density at radius 2 is 1.80 bits per heavy atom. The molecule has 0 aliphatic heterocycles. The van der Waals surface area contributed by atoms with Crippen LogP contribution in [-0.4, -0.2) is 95.3 Å². The van der Waals surface area contributed by atoms with E-state index in [1.807, 2.05) is 0 Å². The number of amides is 2. The number of nitrogens with zero attached hydrogens (tertiary/aromatic N) is 2. The molecule has 4 rings (SSSR count). The second-order valence-corrected chi connectivity index (χ2v) is 12.2. The second-order valence-electron chi connectivity index (χ2n) is 12.2. The standard InChI is InChI=1S/C31H42N4O9/c1-6-7-8-9-10-44-30(42)33-14-16-13-19(34(2)3)17-11-15-12-18-23(35(4)5)26(38)22(29(32)41)28(40)31(18,43)27(39)20(15)25(37)21(17)24(16)36/h13,15,18,23,36,38-39,43H,6-12,14H2,1-5H3,(H2,32,41)(H,33,42)/t15-,18-,23+,31-/m0/s1. The van der Waals surface area contributed by atoms with Crippen molar-refractivity contribution < 1.29 is 44.3 Å². The zero-order valence-corrected chi connectivity index (χ0v) is 25.8. The Morgan fingerprint density at radius 3 is 2.39 bits per heavy atom. The molecule has 0 spiro atoms. The molecule has 0 bridgehead atoms. The van der Waals surface area contributed by atoms with Gasteiger partial charge in [-0.3, -0.25) is 19.3 Å². The number of rotatable bonds is 10. The molecule has 0 fully saturated rings. The molecule has 44 heavy (non-hydrogen) atoms. The third-order valence-electron chi connectivity index (χ3n) is 8.91. The topological polar surface area (TPSA) is 203 Å². The van der Waals surface area contributed by atoms with E-state index < -0.39 is 69.9 Å². The third-order valence-corrected chi connectivity index (χ3v) is 8.91. The number of nitrogens with one attached hydrogen (secondary N) is 1. The summed E-state index contributed by atoms with van der Waals surface area (Å²) in [6.07, 6.45) is 3.22. The number of carbonyl (C=O) groups excluding carboxylic acids is 4. The summed E-state index contributed by atoms with van der Waals surface area (Å²) in [4.78, 5) is 55.3. The van der Waals surface area contributed by atoms with E-state index in [1.165, 1.54) is 4.90 Å². The maximum atomic E-state index is 14.1. The van der Waals surface area contributed by atoms with Gasteiger partial charge in [-0.05, 0) is 50.9 Å². The lowest BCUT2D eigenvalue weighted by Gasteiger charge is -2.50. The zero-order chi connectivity index (χ0) is 32.7. The molecule has 3 aliphatic carbocycles. The van der Waals surface area contributed by atoms with Crippen LogP contribution >= 0.6 is 0 Å². The van der Waals surface area contributed by atoms with Gasteiger partial charge in [-0.2, -0.15) is 0 Å². The Kier molecular flexibility index (Phi) is 9.31. The van der Waals surface area contributed by atoms with Crippen LogP contribution in [0.4, 0.5) is 10.5 Å². The summed E-state index contributed by atoms with van der Waals surface area (Å²) >= 11 is 0. The van der Waals surface area contributed by atoms with Gasteiger partial charge in [-0.1, -0.05) is 26.2 Å². The van der Waals surface area contributed by atoms with Gasteiger partial charge in [-0.15, -0.1) is 0 Å². The lowest BCUT2D eigenvalue weighted by molar-refractivity contribution is -0.148. The fourth-order valence-electron chi connectivity index (χ4n) is 6.80. The summed E-state index contributed by atoms with van der Waals surface area (Å²) in [6, 6.07) is 0.596. The normalized spacial score (nSPS) is 24.6. The number of unbranched alkanes of at least 4 members (excludes halogenated alkanes) is 3. The number of phenols is 1. The number of benzene rings is 1. The van der Waals surface area contributed by atoms with Crippen molar-refractivity contribution >= 4 is 29.3 Å². The number of allylic oxidation sites excluding steroid dienone is 1. The van der Waals surface area contributed by atoms with Crippen LogP contribution in [0.3, 0.4) is 0 Å². The number of aliphatic hydroxyl groups excluding tert-OH is 2. The number of phenolic OH excluding ortho intramolecular Hbond substituents is 1. The van der Waals surface area contributed by atoms with Crippen LogP contribution in [-0.2, 0) is 27.3 Å². The van der Waals surface area contributed by atoms with Crippen molar-refractivity contribution in [1.82, 2.24) is 10.2 Å². The molecule has 240 valence electrons. The van der Waals surface area contributed by atoms with Gasteiger partial charge < -0.3 is 41.1 Å². The van der Waals surface area contributed by atoms with E-state index in [-0.39, 0.29) is 42.7 Å². The minimum absolute atomic E-state index is 0.00715. The number of anilines is 1. The van der Waals surface area contributed by atoms with Gasteiger partial charge in [0.15, 0.2) is 11.4 Å². The van der Waals surface area contributed by atoms with Gasteiger partial charge in [0.2, 0.25) is 5.78 Å². The summed E-state index contributed by atoms with van der Waals surface area (Å²) in [7, 11) is 6.68. The molecule has 13 heteroatoms. The van der Waals surface area contributed by atoms with Gasteiger partial charge in [0.25, 0.3) is 5.91 Å². The fraction of sp³-hybridized carbons (Fsp3) is 0.548. The number of fused-ring (bicyclic) bond motifs is 3. The van der Waals surface area contributed by atoms with E-state index in [1.54, 1.807) is 39.2 Å². The quantitative estimate of drug-likeness (QED) is 0.166. The monoisotopic (exact) mass is 614 g/mol. The number of nitrogens with two attached hydrogens (primary N) is 1. The van der Waals surface area contributed by atoms with Crippen molar-refractivity contribution in [2.45, 2.75) is 63.6 Å². The lowest BCUT2D eigenvalue weighted by Crippen LogP contribution is -2.63. The average molecular weight is 615 g/mol. The molecule has 13 nitrogen and oxygen atoms in total. The van der Waals surface area contributed by atoms with E-state index >= 15 is 0 Å². The van der Waals surface area contributed by atoms with Crippen LogP contribution in [0.25, 0.3) is 0 Å². The molecule has 0 unspecified atom stereocenters. The van der Waals surface area contributed by atoms with Crippen LogP contribution in [0.5, 0.6) is 5.75 Å². The number of hydrogen-bond donors (Lipinski definition) is 6. The Labute approximate surface area is 256 Å². The lowest BCUT2D eigenvalue weighted by atomic mass is 9.58. The highest BCUT2D eigenvalue weighted by Crippen LogP contribution is 2.53. The number of Topliss-reactive ketones (excluding diaryl/α,β-unsaturated/α-hetero) is 2. The second kappa shape index (κ2) is 12.5. The molecule has 3 aliphatic rings. The van der Waals surface area contributed by atoms with E-state index in [0.29, 0.717) is 11.3 Å². The molecular formula is C31H42N4O9. The summed E-state index contributed by atoms with van der Waals surface area (Å²) < 4.78 is 5.21. The largest absolute Gasteiger partial charge is 0.510 e. The first-order valence-corrected chi connectivity index (χ1v) is 14.8. The molecule has 0 radical (unpaired) electrons.